The third-order valence-electron chi connectivity index (χ3n) is 5.55. The summed E-state index contributed by atoms with van der Waals surface area (Å²) in [4.78, 5) is 33.6. The Kier molecular flexibility index (Phi) is 7.39. The van der Waals surface area contributed by atoms with Gasteiger partial charge in [-0.25, -0.2) is 4.98 Å². The Morgan fingerprint density at radius 2 is 1.80 bits per heavy atom. The zero-order valence-corrected chi connectivity index (χ0v) is 19.0. The van der Waals surface area contributed by atoms with Crippen LogP contribution in [-0.4, -0.2) is 33.4 Å². The van der Waals surface area contributed by atoms with Crippen LogP contribution in [0.4, 0.5) is 0 Å². The molecule has 160 valence electrons. The molecule has 0 saturated heterocycles. The number of carbonyl (C=O) groups excluding carboxylic acids is 1. The molecular formula is C23H30N4O2S. The summed E-state index contributed by atoms with van der Waals surface area (Å²) in [5, 5.41) is 3.61. The fourth-order valence-electron chi connectivity index (χ4n) is 3.41. The monoisotopic (exact) mass is 426 g/mol. The molecule has 0 aliphatic rings. The van der Waals surface area contributed by atoms with Gasteiger partial charge >= 0.3 is 0 Å². The molecule has 0 bridgehead atoms. The molecule has 1 aromatic carbocycles. The minimum Gasteiger partial charge on any atom is -0.352 e. The normalized spacial score (nSPS) is 11.4. The largest absolute Gasteiger partial charge is 0.352 e. The van der Waals surface area contributed by atoms with Gasteiger partial charge in [-0.3, -0.25) is 19.1 Å². The van der Waals surface area contributed by atoms with Crippen LogP contribution in [0.15, 0.2) is 35.4 Å². The first kappa shape index (κ1) is 22.2. The maximum absolute atomic E-state index is 12.7. The Bertz CT molecular complexity index is 1070. The van der Waals surface area contributed by atoms with Gasteiger partial charge in [0.1, 0.15) is 4.83 Å². The second kappa shape index (κ2) is 10.00. The number of amides is 1. The second-order valence-electron chi connectivity index (χ2n) is 7.51. The number of nitrogens with one attached hydrogen (secondary N) is 1. The molecule has 7 heteroatoms. The maximum atomic E-state index is 12.7. The van der Waals surface area contributed by atoms with E-state index in [0.29, 0.717) is 18.5 Å². The van der Waals surface area contributed by atoms with Crippen LogP contribution in [0.3, 0.4) is 0 Å². The number of rotatable bonds is 9. The molecule has 2 aromatic heterocycles. The van der Waals surface area contributed by atoms with Crippen LogP contribution < -0.4 is 10.9 Å². The molecule has 0 atom stereocenters. The fourth-order valence-corrected chi connectivity index (χ4v) is 4.40. The van der Waals surface area contributed by atoms with E-state index < -0.39 is 0 Å². The van der Waals surface area contributed by atoms with E-state index in [1.54, 1.807) is 6.33 Å². The van der Waals surface area contributed by atoms with Gasteiger partial charge in [-0.2, -0.15) is 0 Å². The molecule has 2 heterocycles. The summed E-state index contributed by atoms with van der Waals surface area (Å²) in [5.41, 5.74) is 3.25. The molecule has 3 aromatic rings. The number of hydrogen-bond donors (Lipinski definition) is 1. The van der Waals surface area contributed by atoms with Crippen LogP contribution in [0.25, 0.3) is 10.2 Å². The number of nitrogens with zero attached hydrogens (tertiary/aromatic N) is 3. The molecule has 1 N–H and O–H groups in total. The van der Waals surface area contributed by atoms with Crippen LogP contribution in [0.2, 0.25) is 0 Å². The zero-order chi connectivity index (χ0) is 21.7. The molecule has 0 aliphatic carbocycles. The predicted molar refractivity (Wildman–Crippen MR) is 123 cm³/mol. The highest BCUT2D eigenvalue weighted by Crippen LogP contribution is 2.25. The minimum atomic E-state index is -0.0764. The number of thiophene rings is 1. The van der Waals surface area contributed by atoms with Gasteiger partial charge in [0.25, 0.3) is 5.56 Å². The molecule has 3 rings (SSSR count). The first-order chi connectivity index (χ1) is 14.4. The lowest BCUT2D eigenvalue weighted by atomic mass is 10.1. The Morgan fingerprint density at radius 3 is 2.47 bits per heavy atom. The number of aryl methyl sites for hydroxylation is 3. The molecule has 0 fully saturated rings. The van der Waals surface area contributed by atoms with Gasteiger partial charge < -0.3 is 5.32 Å². The summed E-state index contributed by atoms with van der Waals surface area (Å²) in [5.74, 6) is -0.0764. The Morgan fingerprint density at radius 1 is 1.13 bits per heavy atom. The molecule has 0 aliphatic heterocycles. The summed E-state index contributed by atoms with van der Waals surface area (Å²) in [6, 6.07) is 8.35. The van der Waals surface area contributed by atoms with Crippen molar-refractivity contribution in [3.05, 3.63) is 62.5 Å². The zero-order valence-electron chi connectivity index (χ0n) is 18.2. The highest BCUT2D eigenvalue weighted by atomic mass is 32.1. The van der Waals surface area contributed by atoms with Gasteiger partial charge in [-0.05, 0) is 43.6 Å². The van der Waals surface area contributed by atoms with Gasteiger partial charge in [0.15, 0.2) is 0 Å². The first-order valence-corrected chi connectivity index (χ1v) is 11.3. The third-order valence-corrected chi connectivity index (χ3v) is 6.66. The highest BCUT2D eigenvalue weighted by Gasteiger charge is 2.12. The first-order valence-electron chi connectivity index (χ1n) is 10.4. The molecule has 0 spiro atoms. The fraction of sp³-hybridized carbons (Fsp3) is 0.435. The van der Waals surface area contributed by atoms with Crippen LogP contribution in [0, 0.1) is 13.8 Å². The average molecular weight is 427 g/mol. The van der Waals surface area contributed by atoms with Crippen molar-refractivity contribution in [2.24, 2.45) is 0 Å². The molecule has 6 nitrogen and oxygen atoms in total. The van der Waals surface area contributed by atoms with Crippen LogP contribution in [0.1, 0.15) is 41.8 Å². The van der Waals surface area contributed by atoms with Crippen LogP contribution >= 0.6 is 11.3 Å². The SMILES string of the molecule is CCN(CC)Cc1ccc(CNC(=O)CCn2cnc3sc(C)c(C)c3c2=O)cc1. The summed E-state index contributed by atoms with van der Waals surface area (Å²) >= 11 is 1.53. The van der Waals surface area contributed by atoms with Crippen molar-refractivity contribution in [3.63, 3.8) is 0 Å². The second-order valence-corrected chi connectivity index (χ2v) is 8.71. The molecule has 30 heavy (non-hydrogen) atoms. The summed E-state index contributed by atoms with van der Waals surface area (Å²) < 4.78 is 1.53. The van der Waals surface area contributed by atoms with Gasteiger partial charge in [0, 0.05) is 30.9 Å². The highest BCUT2D eigenvalue weighted by molar-refractivity contribution is 7.18. The quantitative estimate of drug-likeness (QED) is 0.567. The molecular weight excluding hydrogens is 396 g/mol. The van der Waals surface area contributed by atoms with Crippen molar-refractivity contribution in [2.75, 3.05) is 13.1 Å². The molecule has 0 saturated carbocycles. The number of benzene rings is 1. The van der Waals surface area contributed by atoms with Gasteiger partial charge in [-0.15, -0.1) is 11.3 Å². The van der Waals surface area contributed by atoms with Gasteiger partial charge in [0.05, 0.1) is 11.7 Å². The molecule has 0 radical (unpaired) electrons. The lowest BCUT2D eigenvalue weighted by molar-refractivity contribution is -0.121. The van der Waals surface area contributed by atoms with Crippen molar-refractivity contribution < 1.29 is 4.79 Å². The topological polar surface area (TPSA) is 67.2 Å². The van der Waals surface area contributed by atoms with Crippen molar-refractivity contribution in [2.45, 2.75) is 53.8 Å². The van der Waals surface area contributed by atoms with Crippen LogP contribution in [0.5, 0.6) is 0 Å². The van der Waals surface area contributed by atoms with Crippen molar-refractivity contribution in [3.8, 4) is 0 Å². The van der Waals surface area contributed by atoms with Crippen LogP contribution in [-0.2, 0) is 24.4 Å². The smallest absolute Gasteiger partial charge is 0.262 e. The molecule has 0 unspecified atom stereocenters. The van der Waals surface area contributed by atoms with E-state index >= 15 is 0 Å². The summed E-state index contributed by atoms with van der Waals surface area (Å²) in [6.45, 7) is 12.1. The number of hydrogen-bond acceptors (Lipinski definition) is 5. The van der Waals surface area contributed by atoms with Crippen molar-refractivity contribution >= 4 is 27.5 Å². The Hall–Kier alpha value is -2.51. The third kappa shape index (κ3) is 5.15. The molecule has 1 amide bonds. The van der Waals surface area contributed by atoms with E-state index in [9.17, 15) is 9.59 Å². The average Bonchev–Trinajstić information content (AvgIpc) is 3.05. The van der Waals surface area contributed by atoms with Gasteiger partial charge in [0.2, 0.25) is 5.91 Å². The van der Waals surface area contributed by atoms with E-state index in [1.807, 2.05) is 13.8 Å². The Balaban J connectivity index is 1.53. The lowest BCUT2D eigenvalue weighted by Crippen LogP contribution is -2.27. The van der Waals surface area contributed by atoms with Gasteiger partial charge in [-0.1, -0.05) is 38.1 Å². The minimum absolute atomic E-state index is 0.0709. The lowest BCUT2D eigenvalue weighted by Gasteiger charge is -2.18. The number of carbonyl (C=O) groups is 1. The number of fused-ring (bicyclic) bond motifs is 1. The predicted octanol–water partition coefficient (Wildman–Crippen LogP) is 3.62. The van der Waals surface area contributed by atoms with E-state index in [4.69, 9.17) is 0 Å². The van der Waals surface area contributed by atoms with E-state index in [0.717, 1.165) is 40.5 Å². The Labute approximate surface area is 181 Å². The van der Waals surface area contributed by atoms with Crippen molar-refractivity contribution in [1.29, 1.82) is 0 Å². The maximum Gasteiger partial charge on any atom is 0.262 e. The standard InChI is InChI=1S/C23H30N4O2S/c1-5-26(6-2)14-19-9-7-18(8-10-19)13-24-20(28)11-12-27-15-25-22-21(23(27)29)16(3)17(4)30-22/h7-10,15H,5-6,11-14H2,1-4H3,(H,24,28). The van der Waals surface area contributed by atoms with Crippen molar-refractivity contribution in [1.82, 2.24) is 19.8 Å². The van der Waals surface area contributed by atoms with E-state index in [-0.39, 0.29) is 17.9 Å². The summed E-state index contributed by atoms with van der Waals surface area (Å²) in [6.07, 6.45) is 1.79. The van der Waals surface area contributed by atoms with E-state index in [1.165, 1.54) is 21.5 Å². The number of aromatic nitrogens is 2. The van der Waals surface area contributed by atoms with E-state index in [2.05, 4.69) is 53.3 Å². The summed E-state index contributed by atoms with van der Waals surface area (Å²) in [7, 11) is 0.